The Bertz CT molecular complexity index is 509. The van der Waals surface area contributed by atoms with Crippen LogP contribution in [0.25, 0.3) is 11.0 Å². The molecular weight excluding hydrogens is 182 g/mol. The number of aliphatic imine (C=N–C) groups is 1. The first-order chi connectivity index (χ1) is 6.85. The fourth-order valence-corrected chi connectivity index (χ4v) is 1.26. The van der Waals surface area contributed by atoms with Gasteiger partial charge in [-0.1, -0.05) is 0 Å². The third-order valence-corrected chi connectivity index (χ3v) is 1.93. The fourth-order valence-electron chi connectivity index (χ4n) is 1.26. The van der Waals surface area contributed by atoms with E-state index in [1.807, 2.05) is 0 Å². The smallest absolute Gasteiger partial charge is 0.240 e. The average Bonchev–Trinajstić information content (AvgIpc) is 2.61. The zero-order valence-electron chi connectivity index (χ0n) is 7.48. The van der Waals surface area contributed by atoms with Gasteiger partial charge in [0.25, 0.3) is 0 Å². The van der Waals surface area contributed by atoms with Gasteiger partial charge in [-0.3, -0.25) is 0 Å². The molecule has 0 spiro atoms. The molecule has 0 saturated carbocycles. The van der Waals surface area contributed by atoms with Gasteiger partial charge in [0.05, 0.1) is 12.5 Å². The van der Waals surface area contributed by atoms with Gasteiger partial charge in [-0.15, -0.1) is 0 Å². The molecule has 1 heterocycles. The summed E-state index contributed by atoms with van der Waals surface area (Å²) in [5, 5.41) is 0.743. The lowest BCUT2D eigenvalue weighted by molar-refractivity contribution is 0.415. The Balaban J connectivity index is 2.69. The molecule has 14 heavy (non-hydrogen) atoms. The second kappa shape index (κ2) is 3.36. The van der Waals surface area contributed by atoms with Gasteiger partial charge in [0.2, 0.25) is 6.08 Å². The summed E-state index contributed by atoms with van der Waals surface area (Å²) in [5.41, 5.74) is 1.13. The molecule has 0 aliphatic rings. The van der Waals surface area contributed by atoms with Gasteiger partial charge in [-0.05, 0) is 18.2 Å². The number of hydrogen-bond donors (Lipinski definition) is 0. The van der Waals surface area contributed by atoms with Crippen molar-refractivity contribution in [2.24, 2.45) is 4.99 Å². The molecule has 0 bridgehead atoms. The molecule has 0 unspecified atom stereocenters. The second-order valence-corrected chi connectivity index (χ2v) is 2.69. The molecule has 0 saturated heterocycles. The van der Waals surface area contributed by atoms with Crippen LogP contribution in [0.5, 0.6) is 5.75 Å². The van der Waals surface area contributed by atoms with E-state index in [9.17, 15) is 4.79 Å². The summed E-state index contributed by atoms with van der Waals surface area (Å²) >= 11 is 0. The largest absolute Gasteiger partial charge is 0.497 e. The molecule has 0 atom stereocenters. The number of hydrogen-bond acceptors (Lipinski definition) is 4. The lowest BCUT2D eigenvalue weighted by Crippen LogP contribution is -1.80. The molecule has 0 radical (unpaired) electrons. The quantitative estimate of drug-likeness (QED) is 0.538. The summed E-state index contributed by atoms with van der Waals surface area (Å²) in [5.74, 6) is 0.696. The van der Waals surface area contributed by atoms with Gasteiger partial charge in [0.1, 0.15) is 23.3 Å². The minimum atomic E-state index is 0.467. The van der Waals surface area contributed by atoms with E-state index in [1.54, 1.807) is 25.3 Å². The van der Waals surface area contributed by atoms with Gasteiger partial charge in [0.15, 0.2) is 0 Å². The van der Waals surface area contributed by atoms with Crippen molar-refractivity contribution in [3.63, 3.8) is 0 Å². The van der Waals surface area contributed by atoms with Gasteiger partial charge in [-0.25, -0.2) is 4.79 Å². The number of carbonyl (C=O) groups excluding carboxylic acids is 1. The predicted molar refractivity (Wildman–Crippen MR) is 50.5 cm³/mol. The number of methoxy groups -OCH3 is 1. The highest BCUT2D eigenvalue weighted by molar-refractivity contribution is 5.90. The van der Waals surface area contributed by atoms with Crippen LogP contribution < -0.4 is 4.74 Å². The normalized spacial score (nSPS) is 9.79. The third kappa shape index (κ3) is 1.28. The van der Waals surface area contributed by atoms with Crippen LogP contribution >= 0.6 is 0 Å². The Kier molecular flexibility index (Phi) is 2.05. The minimum absolute atomic E-state index is 0.467. The van der Waals surface area contributed by atoms with E-state index in [0.717, 1.165) is 5.39 Å². The van der Waals surface area contributed by atoms with Crippen molar-refractivity contribution in [1.82, 2.24) is 0 Å². The molecule has 0 amide bonds. The molecule has 2 aromatic rings. The first kappa shape index (κ1) is 8.53. The van der Waals surface area contributed by atoms with Gasteiger partial charge >= 0.3 is 0 Å². The van der Waals surface area contributed by atoms with E-state index < -0.39 is 0 Å². The standard InChI is InChI=1S/C10H7NO3/c1-13-7-2-3-10-8(4-7)9(5-14-10)11-6-12/h2-5H,1H3. The first-order valence-electron chi connectivity index (χ1n) is 3.98. The maximum absolute atomic E-state index is 10.1. The van der Waals surface area contributed by atoms with Crippen LogP contribution in [0.1, 0.15) is 0 Å². The molecule has 4 nitrogen and oxygen atoms in total. The molecule has 1 aromatic carbocycles. The summed E-state index contributed by atoms with van der Waals surface area (Å²) in [6, 6.07) is 5.30. The van der Waals surface area contributed by atoms with Crippen LogP contribution in [-0.2, 0) is 4.79 Å². The molecule has 2 rings (SSSR count). The number of rotatable bonds is 2. The van der Waals surface area contributed by atoms with Crippen molar-refractivity contribution in [3.8, 4) is 5.75 Å². The molecule has 70 valence electrons. The lowest BCUT2D eigenvalue weighted by Gasteiger charge is -1.97. The van der Waals surface area contributed by atoms with Crippen molar-refractivity contribution in [2.45, 2.75) is 0 Å². The Labute approximate surface area is 79.8 Å². The maximum atomic E-state index is 10.1. The van der Waals surface area contributed by atoms with Crippen LogP contribution in [0.2, 0.25) is 0 Å². The Morgan fingerprint density at radius 2 is 2.36 bits per heavy atom. The summed E-state index contributed by atoms with van der Waals surface area (Å²) in [6.07, 6.45) is 2.89. The van der Waals surface area contributed by atoms with Crippen LogP contribution in [0.15, 0.2) is 33.9 Å². The Morgan fingerprint density at radius 1 is 1.50 bits per heavy atom. The maximum Gasteiger partial charge on any atom is 0.240 e. The molecule has 0 fully saturated rings. The number of benzene rings is 1. The van der Waals surface area contributed by atoms with E-state index in [4.69, 9.17) is 9.15 Å². The highest BCUT2D eigenvalue weighted by Gasteiger charge is 2.05. The van der Waals surface area contributed by atoms with Gasteiger partial charge in [-0.2, -0.15) is 4.99 Å². The molecule has 1 aromatic heterocycles. The first-order valence-corrected chi connectivity index (χ1v) is 3.98. The Morgan fingerprint density at radius 3 is 3.07 bits per heavy atom. The molecule has 0 N–H and O–H groups in total. The van der Waals surface area contributed by atoms with Crippen molar-refractivity contribution in [3.05, 3.63) is 24.5 Å². The third-order valence-electron chi connectivity index (χ3n) is 1.93. The molecule has 0 aliphatic carbocycles. The molecular formula is C10H7NO3. The number of furan rings is 1. The van der Waals surface area contributed by atoms with Crippen LogP contribution in [0.3, 0.4) is 0 Å². The minimum Gasteiger partial charge on any atom is -0.497 e. The van der Waals surface area contributed by atoms with E-state index >= 15 is 0 Å². The predicted octanol–water partition coefficient (Wildman–Crippen LogP) is 2.41. The van der Waals surface area contributed by atoms with Crippen molar-refractivity contribution in [1.29, 1.82) is 0 Å². The van der Waals surface area contributed by atoms with Crippen LogP contribution in [0.4, 0.5) is 5.69 Å². The molecule has 0 aliphatic heterocycles. The summed E-state index contributed by atoms with van der Waals surface area (Å²) in [4.78, 5) is 13.6. The Hall–Kier alpha value is -2.06. The number of nitrogens with zero attached hydrogens (tertiary/aromatic N) is 1. The zero-order chi connectivity index (χ0) is 9.97. The van der Waals surface area contributed by atoms with E-state index in [0.29, 0.717) is 17.0 Å². The SMILES string of the molecule is COc1ccc2occ(N=C=O)c2c1. The lowest BCUT2D eigenvalue weighted by atomic mass is 10.2. The average molecular weight is 189 g/mol. The fraction of sp³-hybridized carbons (Fsp3) is 0.100. The van der Waals surface area contributed by atoms with Crippen LogP contribution in [-0.4, -0.2) is 13.2 Å². The van der Waals surface area contributed by atoms with E-state index in [2.05, 4.69) is 4.99 Å². The highest BCUT2D eigenvalue weighted by atomic mass is 16.5. The zero-order valence-corrected chi connectivity index (χ0v) is 7.48. The van der Waals surface area contributed by atoms with E-state index in [1.165, 1.54) is 12.3 Å². The monoisotopic (exact) mass is 189 g/mol. The number of isocyanates is 1. The van der Waals surface area contributed by atoms with Crippen molar-refractivity contribution >= 4 is 22.7 Å². The van der Waals surface area contributed by atoms with Gasteiger partial charge < -0.3 is 9.15 Å². The summed E-state index contributed by atoms with van der Waals surface area (Å²) in [7, 11) is 1.57. The molecule has 4 heteroatoms. The summed E-state index contributed by atoms with van der Waals surface area (Å²) in [6.45, 7) is 0. The second-order valence-electron chi connectivity index (χ2n) is 2.69. The van der Waals surface area contributed by atoms with E-state index in [-0.39, 0.29) is 0 Å². The van der Waals surface area contributed by atoms with Crippen LogP contribution in [0, 0.1) is 0 Å². The van der Waals surface area contributed by atoms with Gasteiger partial charge in [0, 0.05) is 0 Å². The highest BCUT2D eigenvalue weighted by Crippen LogP contribution is 2.30. The summed E-state index contributed by atoms with van der Waals surface area (Å²) < 4.78 is 10.2. The number of ether oxygens (including phenoxy) is 1. The number of fused-ring (bicyclic) bond motifs is 1. The van der Waals surface area contributed by atoms with Crippen molar-refractivity contribution < 1.29 is 13.9 Å². The van der Waals surface area contributed by atoms with Crippen molar-refractivity contribution in [2.75, 3.05) is 7.11 Å². The topological polar surface area (TPSA) is 51.8 Å².